The molecule has 1 fully saturated rings. The molecule has 0 heterocycles. The van der Waals surface area contributed by atoms with Crippen LogP contribution in [0, 0.1) is 11.3 Å². The predicted octanol–water partition coefficient (Wildman–Crippen LogP) is 2.32. The van der Waals surface area contributed by atoms with Crippen LogP contribution in [0.3, 0.4) is 0 Å². The van der Waals surface area contributed by atoms with Crippen LogP contribution in [-0.2, 0) is 4.79 Å². The number of carbonyl (C=O) groups excluding carboxylic acids is 1. The Labute approximate surface area is 106 Å². The van der Waals surface area contributed by atoms with Gasteiger partial charge in [0.2, 0.25) is 5.91 Å². The van der Waals surface area contributed by atoms with Gasteiger partial charge >= 0.3 is 0 Å². The quantitative estimate of drug-likeness (QED) is 0.774. The van der Waals surface area contributed by atoms with Crippen molar-refractivity contribution in [3.63, 3.8) is 0 Å². The highest BCUT2D eigenvalue weighted by Gasteiger charge is 2.31. The second kappa shape index (κ2) is 6.39. The van der Waals surface area contributed by atoms with Crippen LogP contribution in [0.2, 0.25) is 0 Å². The average Bonchev–Trinajstić information content (AvgIpc) is 2.24. The molecule has 1 rings (SSSR count). The first-order valence-electron chi connectivity index (χ1n) is 6.92. The molecule has 3 heteroatoms. The van der Waals surface area contributed by atoms with E-state index in [1.54, 1.807) is 0 Å². The maximum absolute atomic E-state index is 11.6. The largest absolute Gasteiger partial charge is 0.355 e. The Kier molecular flexibility index (Phi) is 5.44. The summed E-state index contributed by atoms with van der Waals surface area (Å²) in [5.41, 5.74) is 0.330. The molecule has 0 aromatic rings. The van der Waals surface area contributed by atoms with Crippen LogP contribution >= 0.6 is 0 Å². The van der Waals surface area contributed by atoms with E-state index in [1.807, 2.05) is 0 Å². The molecule has 0 radical (unpaired) electrons. The molecule has 1 aliphatic rings. The molecular weight excluding hydrogens is 212 g/mol. The van der Waals surface area contributed by atoms with Crippen LogP contribution in [0.5, 0.6) is 0 Å². The highest BCUT2D eigenvalue weighted by atomic mass is 16.1. The van der Waals surface area contributed by atoms with Gasteiger partial charge in [0, 0.05) is 12.6 Å². The van der Waals surface area contributed by atoms with E-state index in [4.69, 9.17) is 0 Å². The summed E-state index contributed by atoms with van der Waals surface area (Å²) in [5.74, 6) is 0.644. The Bertz CT molecular complexity index is 249. The van der Waals surface area contributed by atoms with Crippen molar-refractivity contribution < 1.29 is 4.79 Å². The van der Waals surface area contributed by atoms with Crippen molar-refractivity contribution in [2.24, 2.45) is 11.3 Å². The highest BCUT2D eigenvalue weighted by Crippen LogP contribution is 2.35. The molecular formula is C14H28N2O. The lowest BCUT2D eigenvalue weighted by molar-refractivity contribution is -0.120. The zero-order chi connectivity index (χ0) is 12.9. The lowest BCUT2D eigenvalue weighted by atomic mass is 9.73. The van der Waals surface area contributed by atoms with Crippen molar-refractivity contribution in [3.8, 4) is 0 Å². The maximum Gasteiger partial charge on any atom is 0.233 e. The Morgan fingerprint density at radius 3 is 2.65 bits per heavy atom. The molecule has 1 saturated carbocycles. The summed E-state index contributed by atoms with van der Waals surface area (Å²) in [6.45, 7) is 10.1. The number of carbonyl (C=O) groups is 1. The molecule has 1 amide bonds. The van der Waals surface area contributed by atoms with Crippen LogP contribution in [0.1, 0.15) is 53.4 Å². The summed E-state index contributed by atoms with van der Waals surface area (Å²) in [6.07, 6.45) is 5.07. The first kappa shape index (κ1) is 14.5. The second-order valence-corrected chi connectivity index (χ2v) is 6.37. The first-order valence-corrected chi connectivity index (χ1v) is 6.92. The maximum atomic E-state index is 11.6. The average molecular weight is 240 g/mol. The fourth-order valence-corrected chi connectivity index (χ4v) is 2.47. The number of nitrogens with one attached hydrogen (secondary N) is 2. The molecule has 0 aromatic carbocycles. The van der Waals surface area contributed by atoms with Crippen molar-refractivity contribution >= 4 is 5.91 Å². The van der Waals surface area contributed by atoms with E-state index in [-0.39, 0.29) is 5.91 Å². The lowest BCUT2D eigenvalue weighted by Crippen LogP contribution is -2.48. The molecule has 2 N–H and O–H groups in total. The topological polar surface area (TPSA) is 41.1 Å². The number of hydrogen-bond donors (Lipinski definition) is 2. The molecule has 17 heavy (non-hydrogen) atoms. The fraction of sp³-hybridized carbons (Fsp3) is 0.929. The molecule has 1 atom stereocenters. The zero-order valence-corrected chi connectivity index (χ0v) is 11.8. The Balaban J connectivity index is 2.27. The molecule has 1 aliphatic carbocycles. The van der Waals surface area contributed by atoms with E-state index in [0.29, 0.717) is 23.9 Å². The summed E-state index contributed by atoms with van der Waals surface area (Å²) < 4.78 is 0. The van der Waals surface area contributed by atoms with Gasteiger partial charge in [-0.05, 0) is 24.2 Å². The molecule has 3 nitrogen and oxygen atoms in total. The van der Waals surface area contributed by atoms with Crippen LogP contribution in [0.4, 0.5) is 0 Å². The molecule has 1 unspecified atom stereocenters. The van der Waals surface area contributed by atoms with Gasteiger partial charge in [-0.3, -0.25) is 4.79 Å². The zero-order valence-electron chi connectivity index (χ0n) is 11.8. The van der Waals surface area contributed by atoms with E-state index in [0.717, 1.165) is 6.54 Å². The summed E-state index contributed by atoms with van der Waals surface area (Å²) in [6, 6.07) is 0.487. The summed E-state index contributed by atoms with van der Waals surface area (Å²) >= 11 is 0. The van der Waals surface area contributed by atoms with Crippen LogP contribution in [-0.4, -0.2) is 25.0 Å². The molecule has 0 aliphatic heterocycles. The molecule has 0 saturated heterocycles. The smallest absolute Gasteiger partial charge is 0.233 e. The van der Waals surface area contributed by atoms with Gasteiger partial charge in [-0.2, -0.15) is 0 Å². The van der Waals surface area contributed by atoms with E-state index in [9.17, 15) is 4.79 Å². The normalized spacial score (nSPS) is 23.7. The molecule has 0 spiro atoms. The summed E-state index contributed by atoms with van der Waals surface area (Å²) in [7, 11) is 0. The van der Waals surface area contributed by atoms with Gasteiger partial charge in [-0.15, -0.1) is 0 Å². The lowest BCUT2D eigenvalue weighted by Gasteiger charge is -2.39. The molecule has 0 bridgehead atoms. The fourth-order valence-electron chi connectivity index (χ4n) is 2.47. The van der Waals surface area contributed by atoms with Gasteiger partial charge in [-0.25, -0.2) is 0 Å². The first-order chi connectivity index (χ1) is 7.92. The predicted molar refractivity (Wildman–Crippen MR) is 71.9 cm³/mol. The highest BCUT2D eigenvalue weighted by molar-refractivity contribution is 5.78. The van der Waals surface area contributed by atoms with E-state index in [2.05, 4.69) is 38.3 Å². The van der Waals surface area contributed by atoms with Gasteiger partial charge in [0.15, 0.2) is 0 Å². The van der Waals surface area contributed by atoms with Crippen molar-refractivity contribution in [2.45, 2.75) is 59.4 Å². The Morgan fingerprint density at radius 2 is 2.06 bits per heavy atom. The third kappa shape index (κ3) is 5.07. The third-order valence-corrected chi connectivity index (χ3v) is 3.72. The molecule has 0 aromatic heterocycles. The van der Waals surface area contributed by atoms with Gasteiger partial charge in [0.05, 0.1) is 6.54 Å². The SMILES string of the molecule is CC(C)CNC(=O)CNC1CCCCC1(C)C. The van der Waals surface area contributed by atoms with E-state index >= 15 is 0 Å². The van der Waals surface area contributed by atoms with Gasteiger partial charge in [0.1, 0.15) is 0 Å². The Morgan fingerprint density at radius 1 is 1.35 bits per heavy atom. The van der Waals surface area contributed by atoms with Gasteiger partial charge in [-0.1, -0.05) is 40.5 Å². The molecule has 100 valence electrons. The van der Waals surface area contributed by atoms with Crippen LogP contribution < -0.4 is 10.6 Å². The van der Waals surface area contributed by atoms with Crippen LogP contribution in [0.15, 0.2) is 0 Å². The number of amides is 1. The van der Waals surface area contributed by atoms with Crippen molar-refractivity contribution in [3.05, 3.63) is 0 Å². The minimum Gasteiger partial charge on any atom is -0.355 e. The third-order valence-electron chi connectivity index (χ3n) is 3.72. The van der Waals surface area contributed by atoms with Crippen molar-refractivity contribution in [1.29, 1.82) is 0 Å². The van der Waals surface area contributed by atoms with E-state index in [1.165, 1.54) is 25.7 Å². The van der Waals surface area contributed by atoms with E-state index < -0.39 is 0 Å². The minimum absolute atomic E-state index is 0.125. The monoisotopic (exact) mass is 240 g/mol. The van der Waals surface area contributed by atoms with Crippen molar-refractivity contribution in [2.75, 3.05) is 13.1 Å². The minimum atomic E-state index is 0.125. The van der Waals surface area contributed by atoms with Crippen molar-refractivity contribution in [1.82, 2.24) is 10.6 Å². The number of rotatable bonds is 5. The second-order valence-electron chi connectivity index (χ2n) is 6.37. The summed E-state index contributed by atoms with van der Waals surface area (Å²) in [4.78, 5) is 11.6. The standard InChI is InChI=1S/C14H28N2O/c1-11(2)9-16-13(17)10-15-12-7-5-6-8-14(12,3)4/h11-12,15H,5-10H2,1-4H3,(H,16,17). The van der Waals surface area contributed by atoms with Gasteiger partial charge in [0.25, 0.3) is 0 Å². The van der Waals surface area contributed by atoms with Crippen LogP contribution in [0.25, 0.3) is 0 Å². The Hall–Kier alpha value is -0.570. The number of hydrogen-bond acceptors (Lipinski definition) is 2. The summed E-state index contributed by atoms with van der Waals surface area (Å²) in [5, 5.41) is 6.37. The van der Waals surface area contributed by atoms with Gasteiger partial charge < -0.3 is 10.6 Å².